The highest BCUT2D eigenvalue weighted by Gasteiger charge is 2.39. The Labute approximate surface area is 260 Å². The Morgan fingerprint density at radius 2 is 1.47 bits per heavy atom. The van der Waals surface area contributed by atoms with Gasteiger partial charge in [-0.05, 0) is 82.0 Å². The van der Waals surface area contributed by atoms with Crippen LogP contribution in [-0.2, 0) is 33.9 Å². The predicted octanol–water partition coefficient (Wildman–Crippen LogP) is 3.00. The summed E-state index contributed by atoms with van der Waals surface area (Å²) >= 11 is 0. The first-order valence-electron chi connectivity index (χ1n) is 14.6. The number of esters is 2. The average Bonchev–Trinajstić information content (AvgIpc) is 3.63. The van der Waals surface area contributed by atoms with Crippen LogP contribution in [-0.4, -0.2) is 88.5 Å². The number of carbonyl (C=O) groups is 5. The maximum atomic E-state index is 13.1. The summed E-state index contributed by atoms with van der Waals surface area (Å²) in [5.74, 6) is -2.85. The molecule has 1 aliphatic rings. The van der Waals surface area contributed by atoms with Crippen LogP contribution in [0.1, 0.15) is 79.5 Å². The number of nitrogens with zero attached hydrogens (tertiary/aromatic N) is 4. The number of hydrogen-bond acceptors (Lipinski definition) is 11. The maximum Gasteiger partial charge on any atom is 0.338 e. The predicted molar refractivity (Wildman–Crippen MR) is 159 cm³/mol. The number of carbonyl (C=O) groups excluding carboxylic acids is 5. The Morgan fingerprint density at radius 3 is 2.11 bits per heavy atom. The second-order valence-electron chi connectivity index (χ2n) is 10.7. The Kier molecular flexibility index (Phi) is 11.0. The second-order valence-corrected chi connectivity index (χ2v) is 12.5. The van der Waals surface area contributed by atoms with Crippen molar-refractivity contribution in [3.8, 4) is 0 Å². The van der Waals surface area contributed by atoms with Crippen LogP contribution >= 0.6 is 0 Å². The van der Waals surface area contributed by atoms with Crippen molar-refractivity contribution in [3.05, 3.63) is 53.6 Å². The zero-order valence-corrected chi connectivity index (χ0v) is 25.9. The number of rotatable bonds is 15. The molecule has 14 nitrogen and oxygen atoms in total. The molecule has 3 amide bonds. The molecule has 1 fully saturated rings. The van der Waals surface area contributed by atoms with Gasteiger partial charge in [-0.25, -0.2) is 13.2 Å². The van der Waals surface area contributed by atoms with E-state index in [1.54, 1.807) is 32.0 Å². The first-order valence-corrected chi connectivity index (χ1v) is 16.1. The van der Waals surface area contributed by atoms with Crippen molar-refractivity contribution in [2.24, 2.45) is 0 Å². The molecule has 1 saturated heterocycles. The molecule has 0 spiro atoms. The Hall–Kier alpha value is -4.66. The molecule has 2 heterocycles. The van der Waals surface area contributed by atoms with Crippen molar-refractivity contribution in [2.75, 3.05) is 19.8 Å². The number of amides is 3. The summed E-state index contributed by atoms with van der Waals surface area (Å²) in [6.07, 6.45) is 2.52. The molecule has 0 saturated carbocycles. The molecule has 3 aromatic rings. The maximum absolute atomic E-state index is 13.1. The van der Waals surface area contributed by atoms with Gasteiger partial charge in [0.1, 0.15) is 11.0 Å². The molecule has 0 atom stereocenters. The summed E-state index contributed by atoms with van der Waals surface area (Å²) in [4.78, 5) is 62.7. The second kappa shape index (κ2) is 14.9. The molecule has 0 bridgehead atoms. The van der Waals surface area contributed by atoms with E-state index >= 15 is 0 Å². The standard InChI is InChI=1S/C30H35N5O9S/c1-20(2)34(29(39)21-7-10-23(11-8-21)45(41,42)35-26(36)13-14-27(35)37)16-15-28(38)43-17-5-3-4-6-18-44-30(40)22-9-12-24-25(19-22)32-33-31-24/h7-12,19-20H,3-6,13-18H2,1-2H3,(H,31,32,33). The van der Waals surface area contributed by atoms with E-state index in [2.05, 4.69) is 15.4 Å². The lowest BCUT2D eigenvalue weighted by atomic mass is 10.1. The highest BCUT2D eigenvalue weighted by atomic mass is 32.2. The number of benzene rings is 2. The molecule has 2 aromatic carbocycles. The first-order chi connectivity index (χ1) is 21.5. The van der Waals surface area contributed by atoms with Crippen LogP contribution in [0.4, 0.5) is 0 Å². The molecule has 4 rings (SSSR count). The van der Waals surface area contributed by atoms with Crippen LogP contribution in [0.15, 0.2) is 47.4 Å². The lowest BCUT2D eigenvalue weighted by molar-refractivity contribution is -0.144. The van der Waals surface area contributed by atoms with Gasteiger partial charge < -0.3 is 14.4 Å². The molecule has 1 N–H and O–H groups in total. The van der Waals surface area contributed by atoms with Crippen molar-refractivity contribution >= 4 is 50.7 Å². The lowest BCUT2D eigenvalue weighted by Gasteiger charge is -2.26. The SMILES string of the molecule is CC(C)N(CCC(=O)OCCCCCCOC(=O)c1ccc2n[nH]nc2c1)C(=O)c1ccc(S(=O)(=O)N2C(=O)CCC2=O)cc1. The van der Waals surface area contributed by atoms with Crippen molar-refractivity contribution in [1.29, 1.82) is 0 Å². The smallest absolute Gasteiger partial charge is 0.338 e. The normalized spacial score (nSPS) is 13.4. The van der Waals surface area contributed by atoms with E-state index in [1.165, 1.54) is 29.2 Å². The number of hydrogen-bond donors (Lipinski definition) is 1. The third-order valence-electron chi connectivity index (χ3n) is 7.17. The van der Waals surface area contributed by atoms with Gasteiger partial charge in [-0.15, -0.1) is 0 Å². The monoisotopic (exact) mass is 641 g/mol. The van der Waals surface area contributed by atoms with Gasteiger partial charge in [-0.2, -0.15) is 19.7 Å². The third kappa shape index (κ3) is 8.29. The number of unbranched alkanes of at least 4 members (excludes halogenated alkanes) is 3. The fourth-order valence-corrected chi connectivity index (χ4v) is 6.11. The fourth-order valence-electron chi connectivity index (χ4n) is 4.70. The van der Waals surface area contributed by atoms with E-state index in [-0.39, 0.29) is 59.8 Å². The van der Waals surface area contributed by atoms with Gasteiger partial charge in [0.05, 0.1) is 30.1 Å². The van der Waals surface area contributed by atoms with E-state index in [0.717, 1.165) is 12.8 Å². The van der Waals surface area contributed by atoms with Crippen LogP contribution < -0.4 is 0 Å². The van der Waals surface area contributed by atoms with Crippen molar-refractivity contribution in [1.82, 2.24) is 24.6 Å². The summed E-state index contributed by atoms with van der Waals surface area (Å²) in [5, 5.41) is 10.4. The molecule has 240 valence electrons. The number of ether oxygens (including phenoxy) is 2. The van der Waals surface area contributed by atoms with E-state index in [4.69, 9.17) is 9.47 Å². The van der Waals surface area contributed by atoms with Crippen LogP contribution in [0.25, 0.3) is 11.0 Å². The lowest BCUT2D eigenvalue weighted by Crippen LogP contribution is -2.38. The molecule has 0 unspecified atom stereocenters. The minimum absolute atomic E-state index is 0.0222. The Morgan fingerprint density at radius 1 is 0.867 bits per heavy atom. The van der Waals surface area contributed by atoms with Crippen molar-refractivity contribution in [3.63, 3.8) is 0 Å². The highest BCUT2D eigenvalue weighted by Crippen LogP contribution is 2.24. The zero-order valence-electron chi connectivity index (χ0n) is 25.1. The molecule has 1 aromatic heterocycles. The molecule has 0 aliphatic carbocycles. The number of fused-ring (bicyclic) bond motifs is 1. The van der Waals surface area contributed by atoms with Gasteiger partial charge in [0.2, 0.25) is 11.8 Å². The number of nitrogens with one attached hydrogen (secondary N) is 1. The summed E-state index contributed by atoms with van der Waals surface area (Å²) in [7, 11) is -4.35. The number of imide groups is 1. The van der Waals surface area contributed by atoms with Crippen LogP contribution in [0.5, 0.6) is 0 Å². The Bertz CT molecular complexity index is 1650. The van der Waals surface area contributed by atoms with Crippen molar-refractivity contribution in [2.45, 2.75) is 69.7 Å². The van der Waals surface area contributed by atoms with Gasteiger partial charge in [0, 0.05) is 31.0 Å². The summed E-state index contributed by atoms with van der Waals surface area (Å²) in [5.41, 5.74) is 1.84. The van der Waals surface area contributed by atoms with Crippen LogP contribution in [0, 0.1) is 0 Å². The van der Waals surface area contributed by atoms with E-state index < -0.39 is 39.7 Å². The molecule has 0 radical (unpaired) electrons. The topological polar surface area (TPSA) is 186 Å². The van der Waals surface area contributed by atoms with Crippen LogP contribution in [0.2, 0.25) is 0 Å². The fraction of sp³-hybridized carbons (Fsp3) is 0.433. The molecule has 45 heavy (non-hydrogen) atoms. The highest BCUT2D eigenvalue weighted by molar-refractivity contribution is 7.90. The molecule has 1 aliphatic heterocycles. The number of sulfonamides is 1. The van der Waals surface area contributed by atoms with Gasteiger partial charge in [0.15, 0.2) is 0 Å². The van der Waals surface area contributed by atoms with Gasteiger partial charge >= 0.3 is 11.9 Å². The third-order valence-corrected chi connectivity index (χ3v) is 8.93. The molecular formula is C30H35N5O9S. The Balaban J connectivity index is 1.14. The van der Waals surface area contributed by atoms with Gasteiger partial charge in [-0.1, -0.05) is 0 Å². The van der Waals surface area contributed by atoms with E-state index in [1.807, 2.05) is 0 Å². The summed E-state index contributed by atoms with van der Waals surface area (Å²) in [6, 6.07) is 9.66. The summed E-state index contributed by atoms with van der Waals surface area (Å²) < 4.78 is 36.4. The van der Waals surface area contributed by atoms with Crippen molar-refractivity contribution < 1.29 is 41.9 Å². The minimum Gasteiger partial charge on any atom is -0.466 e. The zero-order chi connectivity index (χ0) is 32.6. The minimum atomic E-state index is -4.35. The van der Waals surface area contributed by atoms with E-state index in [0.29, 0.717) is 29.4 Å². The quantitative estimate of drug-likeness (QED) is 0.146. The van der Waals surface area contributed by atoms with Crippen LogP contribution in [0.3, 0.4) is 0 Å². The number of aromatic amines is 1. The summed E-state index contributed by atoms with van der Waals surface area (Å²) in [6.45, 7) is 4.17. The van der Waals surface area contributed by atoms with Gasteiger partial charge in [-0.3, -0.25) is 19.2 Å². The number of H-pyrrole nitrogens is 1. The number of aromatic nitrogens is 3. The average molecular weight is 642 g/mol. The van der Waals surface area contributed by atoms with E-state index in [9.17, 15) is 32.4 Å². The first kappa shape index (κ1) is 33.2. The molecular weight excluding hydrogens is 606 g/mol. The largest absolute Gasteiger partial charge is 0.466 e. The molecule has 15 heteroatoms. The van der Waals surface area contributed by atoms with Gasteiger partial charge in [0.25, 0.3) is 15.9 Å².